The zero-order valence-corrected chi connectivity index (χ0v) is 18.7. The molecule has 2 aromatic carbocycles. The maximum absolute atomic E-state index is 12.4. The Labute approximate surface area is 181 Å². The first-order chi connectivity index (χ1) is 14.4. The van der Waals surface area contributed by atoms with E-state index in [0.29, 0.717) is 18.7 Å². The predicted molar refractivity (Wildman–Crippen MR) is 123 cm³/mol. The number of rotatable bonds is 7. The number of hydrogen-bond donors (Lipinski definition) is 1. The van der Waals surface area contributed by atoms with Crippen LogP contribution in [0.25, 0.3) is 0 Å². The van der Waals surface area contributed by atoms with Gasteiger partial charge in [-0.3, -0.25) is 9.69 Å². The highest BCUT2D eigenvalue weighted by Gasteiger charge is 2.13. The zero-order valence-electron chi connectivity index (χ0n) is 18.7. The van der Waals surface area contributed by atoms with Crippen molar-refractivity contribution in [1.82, 2.24) is 10.2 Å². The van der Waals surface area contributed by atoms with Gasteiger partial charge in [0.1, 0.15) is 12.4 Å². The molecule has 0 bridgehead atoms. The van der Waals surface area contributed by atoms with E-state index in [9.17, 15) is 4.79 Å². The topological polar surface area (TPSA) is 41.6 Å². The van der Waals surface area contributed by atoms with Crippen molar-refractivity contribution in [3.05, 3.63) is 65.2 Å². The summed E-state index contributed by atoms with van der Waals surface area (Å²) in [5.74, 6) is 0.776. The van der Waals surface area contributed by atoms with Crippen molar-refractivity contribution >= 4 is 5.91 Å². The molecule has 0 aliphatic carbocycles. The Bertz CT molecular complexity index is 783. The summed E-state index contributed by atoms with van der Waals surface area (Å²) >= 11 is 0. The molecule has 0 atom stereocenters. The molecule has 30 heavy (non-hydrogen) atoms. The second kappa shape index (κ2) is 10.6. The smallest absolute Gasteiger partial charge is 0.251 e. The van der Waals surface area contributed by atoms with Gasteiger partial charge in [0.2, 0.25) is 0 Å². The van der Waals surface area contributed by atoms with Crippen LogP contribution in [0.15, 0.2) is 48.5 Å². The molecule has 1 saturated heterocycles. The summed E-state index contributed by atoms with van der Waals surface area (Å²) in [7, 11) is 0. The Morgan fingerprint density at radius 3 is 2.17 bits per heavy atom. The van der Waals surface area contributed by atoms with Gasteiger partial charge < -0.3 is 10.1 Å². The fraction of sp³-hybridized carbons (Fsp3) is 0.500. The average Bonchev–Trinajstić information content (AvgIpc) is 3.00. The molecule has 1 aliphatic heterocycles. The third kappa shape index (κ3) is 6.88. The van der Waals surface area contributed by atoms with Crippen LogP contribution in [-0.2, 0) is 12.0 Å². The largest absolute Gasteiger partial charge is 0.492 e. The number of amides is 1. The SMILES string of the molecule is CC(C)(C)c1ccc(OCCNC(=O)c2ccc(CN3CCCCCC3)cc2)cc1. The van der Waals surface area contributed by atoms with Crippen molar-refractivity contribution in [3.63, 3.8) is 0 Å². The fourth-order valence-electron chi connectivity index (χ4n) is 3.80. The molecule has 0 radical (unpaired) electrons. The Morgan fingerprint density at radius 1 is 0.933 bits per heavy atom. The summed E-state index contributed by atoms with van der Waals surface area (Å²) in [6.45, 7) is 10.9. The van der Waals surface area contributed by atoms with E-state index in [1.54, 1.807) is 0 Å². The van der Waals surface area contributed by atoms with Crippen LogP contribution in [0.5, 0.6) is 5.75 Å². The number of nitrogens with zero attached hydrogens (tertiary/aromatic N) is 1. The van der Waals surface area contributed by atoms with E-state index >= 15 is 0 Å². The summed E-state index contributed by atoms with van der Waals surface area (Å²) in [4.78, 5) is 14.9. The lowest BCUT2D eigenvalue weighted by atomic mass is 9.87. The summed E-state index contributed by atoms with van der Waals surface area (Å²) < 4.78 is 5.75. The molecule has 162 valence electrons. The fourth-order valence-corrected chi connectivity index (χ4v) is 3.80. The molecule has 1 fully saturated rings. The third-order valence-electron chi connectivity index (χ3n) is 5.70. The number of benzene rings is 2. The van der Waals surface area contributed by atoms with E-state index in [4.69, 9.17) is 4.74 Å². The quantitative estimate of drug-likeness (QED) is 0.643. The maximum atomic E-state index is 12.4. The third-order valence-corrected chi connectivity index (χ3v) is 5.70. The van der Waals surface area contributed by atoms with Crippen molar-refractivity contribution in [2.45, 2.75) is 58.4 Å². The molecular weight excluding hydrogens is 372 g/mol. The highest BCUT2D eigenvalue weighted by Crippen LogP contribution is 2.24. The molecule has 1 N–H and O–H groups in total. The first-order valence-electron chi connectivity index (χ1n) is 11.2. The van der Waals surface area contributed by atoms with E-state index in [2.05, 4.69) is 55.3 Å². The van der Waals surface area contributed by atoms with Crippen LogP contribution in [0.1, 0.15) is 67.9 Å². The minimum absolute atomic E-state index is 0.0528. The lowest BCUT2D eigenvalue weighted by molar-refractivity contribution is 0.0947. The van der Waals surface area contributed by atoms with Crippen molar-refractivity contribution < 1.29 is 9.53 Å². The lowest BCUT2D eigenvalue weighted by Gasteiger charge is -2.19. The van der Waals surface area contributed by atoms with Crippen molar-refractivity contribution in [1.29, 1.82) is 0 Å². The molecule has 1 amide bonds. The van der Waals surface area contributed by atoms with Crippen molar-refractivity contribution in [2.24, 2.45) is 0 Å². The van der Waals surface area contributed by atoms with Gasteiger partial charge >= 0.3 is 0 Å². The first kappa shape index (κ1) is 22.4. The Balaban J connectivity index is 1.40. The van der Waals surface area contributed by atoms with E-state index in [1.165, 1.54) is 49.9 Å². The summed E-state index contributed by atoms with van der Waals surface area (Å²) in [5, 5.41) is 2.94. The van der Waals surface area contributed by atoms with Gasteiger partial charge in [-0.1, -0.05) is 57.9 Å². The van der Waals surface area contributed by atoms with Gasteiger partial charge in [-0.05, 0) is 66.7 Å². The Morgan fingerprint density at radius 2 is 1.57 bits per heavy atom. The number of hydrogen-bond acceptors (Lipinski definition) is 3. The number of carbonyl (C=O) groups is 1. The van der Waals surface area contributed by atoms with Crippen molar-refractivity contribution in [2.75, 3.05) is 26.2 Å². The zero-order chi connectivity index (χ0) is 21.4. The highest BCUT2D eigenvalue weighted by molar-refractivity contribution is 5.94. The van der Waals surface area contributed by atoms with Crippen molar-refractivity contribution in [3.8, 4) is 5.75 Å². The number of carbonyl (C=O) groups excluding carboxylic acids is 1. The molecule has 0 saturated carbocycles. The number of nitrogens with one attached hydrogen (secondary N) is 1. The molecule has 0 unspecified atom stereocenters. The van der Waals surface area contributed by atoms with E-state index < -0.39 is 0 Å². The van der Waals surface area contributed by atoms with E-state index in [1.807, 2.05) is 24.3 Å². The van der Waals surface area contributed by atoms with Gasteiger partial charge in [-0.25, -0.2) is 0 Å². The van der Waals surface area contributed by atoms with E-state index in [-0.39, 0.29) is 11.3 Å². The van der Waals surface area contributed by atoms with Crippen LogP contribution >= 0.6 is 0 Å². The van der Waals surface area contributed by atoms with E-state index in [0.717, 1.165) is 12.3 Å². The first-order valence-corrected chi connectivity index (χ1v) is 11.2. The molecule has 0 spiro atoms. The second-order valence-electron chi connectivity index (χ2n) is 9.27. The molecular formula is C26H36N2O2. The van der Waals surface area contributed by atoms with Crippen LogP contribution in [-0.4, -0.2) is 37.0 Å². The van der Waals surface area contributed by atoms with Crippen LogP contribution in [0, 0.1) is 0 Å². The molecule has 1 aliphatic rings. The molecule has 3 rings (SSSR count). The van der Waals surface area contributed by atoms with Gasteiger partial charge in [0.05, 0.1) is 6.54 Å². The van der Waals surface area contributed by atoms with Gasteiger partial charge in [-0.2, -0.15) is 0 Å². The minimum atomic E-state index is -0.0528. The number of ether oxygens (including phenoxy) is 1. The van der Waals surface area contributed by atoms with Gasteiger partial charge in [0.25, 0.3) is 5.91 Å². The normalized spacial score (nSPS) is 15.4. The Kier molecular flexibility index (Phi) is 7.92. The van der Waals surface area contributed by atoms with Crippen LogP contribution < -0.4 is 10.1 Å². The Hall–Kier alpha value is -2.33. The maximum Gasteiger partial charge on any atom is 0.251 e. The number of likely N-dealkylation sites (tertiary alicyclic amines) is 1. The predicted octanol–water partition coefficient (Wildman–Crippen LogP) is 5.17. The standard InChI is InChI=1S/C26H36N2O2/c1-26(2,3)23-12-14-24(15-13-23)30-19-16-27-25(29)22-10-8-21(9-11-22)20-28-17-6-4-5-7-18-28/h8-15H,4-7,16-20H2,1-3H3,(H,27,29). The monoisotopic (exact) mass is 408 g/mol. The molecule has 4 nitrogen and oxygen atoms in total. The summed E-state index contributed by atoms with van der Waals surface area (Å²) in [5.41, 5.74) is 3.39. The lowest BCUT2D eigenvalue weighted by Crippen LogP contribution is -2.28. The molecule has 4 heteroatoms. The van der Waals surface area contributed by atoms with Gasteiger partial charge in [0, 0.05) is 12.1 Å². The second-order valence-corrected chi connectivity index (χ2v) is 9.27. The van der Waals surface area contributed by atoms with Crippen LogP contribution in [0.4, 0.5) is 0 Å². The molecule has 1 heterocycles. The summed E-state index contributed by atoms with van der Waals surface area (Å²) in [6, 6.07) is 16.2. The molecule has 0 aromatic heterocycles. The average molecular weight is 409 g/mol. The van der Waals surface area contributed by atoms with Gasteiger partial charge in [0.15, 0.2) is 0 Å². The molecule has 2 aromatic rings. The van der Waals surface area contributed by atoms with Gasteiger partial charge in [-0.15, -0.1) is 0 Å². The van der Waals surface area contributed by atoms with Crippen LogP contribution in [0.3, 0.4) is 0 Å². The van der Waals surface area contributed by atoms with Crippen LogP contribution in [0.2, 0.25) is 0 Å². The minimum Gasteiger partial charge on any atom is -0.492 e. The highest BCUT2D eigenvalue weighted by atomic mass is 16.5. The summed E-state index contributed by atoms with van der Waals surface area (Å²) in [6.07, 6.45) is 5.29.